The van der Waals surface area contributed by atoms with Gasteiger partial charge in [0, 0.05) is 22.2 Å². The van der Waals surface area contributed by atoms with Crippen LogP contribution in [0.25, 0.3) is 16.5 Å². The molecule has 2 amide bonds. The summed E-state index contributed by atoms with van der Waals surface area (Å²) in [7, 11) is 1.65. The van der Waals surface area contributed by atoms with Gasteiger partial charge >= 0.3 is 0 Å². The van der Waals surface area contributed by atoms with E-state index in [2.05, 4.69) is 32.3 Å². The van der Waals surface area contributed by atoms with Crippen LogP contribution in [0.15, 0.2) is 39.4 Å². The fraction of sp³-hybridized carbons (Fsp3) is 0.263. The van der Waals surface area contributed by atoms with E-state index in [0.717, 1.165) is 57.2 Å². The molecule has 5 nitrogen and oxygen atoms in total. The Morgan fingerprint density at radius 2 is 1.88 bits per heavy atom. The van der Waals surface area contributed by atoms with Gasteiger partial charge in [-0.25, -0.2) is 0 Å². The maximum Gasteiger partial charge on any atom is 0.258 e. The molecule has 0 atom stereocenters. The molecule has 1 aromatic heterocycles. The lowest BCUT2D eigenvalue weighted by atomic mass is 9.97. The van der Waals surface area contributed by atoms with Crippen LogP contribution >= 0.6 is 15.9 Å². The van der Waals surface area contributed by atoms with E-state index in [1.165, 1.54) is 0 Å². The first-order valence-corrected chi connectivity index (χ1v) is 8.95. The van der Waals surface area contributed by atoms with Crippen molar-refractivity contribution in [1.82, 2.24) is 10.3 Å². The van der Waals surface area contributed by atoms with Crippen LogP contribution in [0.3, 0.4) is 0 Å². The molecule has 0 radical (unpaired) electrons. The number of fused-ring (bicyclic) bond motifs is 1. The van der Waals surface area contributed by atoms with Gasteiger partial charge in [-0.1, -0.05) is 0 Å². The highest BCUT2D eigenvalue weighted by molar-refractivity contribution is 9.10. The van der Waals surface area contributed by atoms with Gasteiger partial charge in [0.25, 0.3) is 11.8 Å². The number of amides is 2. The number of aromatic nitrogens is 1. The van der Waals surface area contributed by atoms with Crippen LogP contribution in [-0.2, 0) is 9.59 Å². The highest BCUT2D eigenvalue weighted by Gasteiger charge is 2.33. The molecule has 0 spiro atoms. The molecule has 4 rings (SSSR count). The fourth-order valence-electron chi connectivity index (χ4n) is 3.74. The molecular weight excluding hydrogens is 384 g/mol. The molecule has 1 aliphatic heterocycles. The highest BCUT2D eigenvalue weighted by atomic mass is 79.9. The molecule has 25 heavy (non-hydrogen) atoms. The van der Waals surface area contributed by atoms with Crippen molar-refractivity contribution in [3.63, 3.8) is 0 Å². The summed E-state index contributed by atoms with van der Waals surface area (Å²) in [4.78, 5) is 27.5. The number of H-pyrrole nitrogens is 1. The number of benzene rings is 1. The minimum absolute atomic E-state index is 0.284. The van der Waals surface area contributed by atoms with Crippen LogP contribution in [0.1, 0.15) is 31.9 Å². The van der Waals surface area contributed by atoms with Gasteiger partial charge in [0.1, 0.15) is 5.75 Å². The zero-order chi connectivity index (χ0) is 17.7. The first-order valence-electron chi connectivity index (χ1n) is 8.15. The van der Waals surface area contributed by atoms with Gasteiger partial charge in [0.2, 0.25) is 0 Å². The number of carbonyl (C=O) groups is 2. The van der Waals surface area contributed by atoms with Gasteiger partial charge in [-0.05, 0) is 71.5 Å². The number of aromatic amines is 1. The standard InChI is InChI=1S/C19H17BrN2O3/c1-9-16(19(24)22-18(9)23)11-5-3-4-10(11)15-8-12-14(21-15)7-6-13(20)17(12)25-2/h6-8,21H,3-5H2,1-2H3,(H,22,23,24). The van der Waals surface area contributed by atoms with Crippen molar-refractivity contribution in [2.75, 3.05) is 7.11 Å². The van der Waals surface area contributed by atoms with E-state index in [1.54, 1.807) is 14.0 Å². The summed E-state index contributed by atoms with van der Waals surface area (Å²) in [6.45, 7) is 1.71. The molecule has 2 aromatic rings. The predicted molar refractivity (Wildman–Crippen MR) is 99.2 cm³/mol. The number of hydrogen-bond donors (Lipinski definition) is 2. The van der Waals surface area contributed by atoms with Crippen LogP contribution in [0.2, 0.25) is 0 Å². The first kappa shape index (κ1) is 16.1. The monoisotopic (exact) mass is 400 g/mol. The molecule has 0 unspecified atom stereocenters. The maximum atomic E-state index is 12.2. The van der Waals surface area contributed by atoms with E-state index in [9.17, 15) is 9.59 Å². The van der Waals surface area contributed by atoms with Crippen molar-refractivity contribution in [3.8, 4) is 5.75 Å². The van der Waals surface area contributed by atoms with Crippen LogP contribution in [-0.4, -0.2) is 23.9 Å². The molecule has 0 saturated heterocycles. The summed E-state index contributed by atoms with van der Waals surface area (Å²) in [5.41, 5.74) is 5.09. The average molecular weight is 401 g/mol. The number of halogens is 1. The summed E-state index contributed by atoms with van der Waals surface area (Å²) >= 11 is 3.51. The van der Waals surface area contributed by atoms with E-state index >= 15 is 0 Å². The van der Waals surface area contributed by atoms with Gasteiger partial charge in [0.15, 0.2) is 0 Å². The summed E-state index contributed by atoms with van der Waals surface area (Å²) in [5.74, 6) is 0.207. The predicted octanol–water partition coefficient (Wildman–Crippen LogP) is 3.85. The molecular formula is C19H17BrN2O3. The quantitative estimate of drug-likeness (QED) is 0.768. The average Bonchev–Trinajstić information content (AvgIpc) is 3.26. The molecule has 1 aliphatic carbocycles. The van der Waals surface area contributed by atoms with E-state index in [0.29, 0.717) is 11.1 Å². The second-order valence-corrected chi connectivity index (χ2v) is 7.17. The van der Waals surface area contributed by atoms with E-state index in [4.69, 9.17) is 4.74 Å². The maximum absolute atomic E-state index is 12.2. The Balaban J connectivity index is 1.90. The van der Waals surface area contributed by atoms with Gasteiger partial charge in [-0.15, -0.1) is 0 Å². The van der Waals surface area contributed by atoms with Crippen LogP contribution in [0, 0.1) is 0 Å². The number of imide groups is 1. The molecule has 0 bridgehead atoms. The number of hydrogen-bond acceptors (Lipinski definition) is 3. The summed E-state index contributed by atoms with van der Waals surface area (Å²) < 4.78 is 6.40. The summed E-state index contributed by atoms with van der Waals surface area (Å²) in [5, 5.41) is 3.38. The van der Waals surface area contributed by atoms with E-state index < -0.39 is 0 Å². The van der Waals surface area contributed by atoms with Gasteiger partial charge in [0.05, 0.1) is 17.2 Å². The minimum Gasteiger partial charge on any atom is -0.495 e. The molecule has 0 saturated carbocycles. The van der Waals surface area contributed by atoms with Crippen LogP contribution in [0.5, 0.6) is 5.75 Å². The summed E-state index contributed by atoms with van der Waals surface area (Å²) in [6.07, 6.45) is 2.65. The highest BCUT2D eigenvalue weighted by Crippen LogP contribution is 2.42. The Hall–Kier alpha value is -2.34. The zero-order valence-electron chi connectivity index (χ0n) is 14.0. The lowest BCUT2D eigenvalue weighted by Gasteiger charge is -2.06. The van der Waals surface area contributed by atoms with Crippen molar-refractivity contribution in [2.24, 2.45) is 0 Å². The number of nitrogens with one attached hydrogen (secondary N) is 2. The Bertz CT molecular complexity index is 998. The largest absolute Gasteiger partial charge is 0.495 e. The van der Waals surface area contributed by atoms with Gasteiger partial charge in [-0.2, -0.15) is 0 Å². The number of carbonyl (C=O) groups excluding carboxylic acids is 2. The lowest BCUT2D eigenvalue weighted by molar-refractivity contribution is -0.124. The Labute approximate surface area is 153 Å². The van der Waals surface area contributed by atoms with Crippen molar-refractivity contribution in [3.05, 3.63) is 45.1 Å². The molecule has 2 heterocycles. The Morgan fingerprint density at radius 3 is 2.56 bits per heavy atom. The molecule has 2 N–H and O–H groups in total. The number of ether oxygens (including phenoxy) is 1. The Morgan fingerprint density at radius 1 is 1.12 bits per heavy atom. The molecule has 1 aromatic carbocycles. The van der Waals surface area contributed by atoms with Crippen LogP contribution < -0.4 is 10.1 Å². The zero-order valence-corrected chi connectivity index (χ0v) is 15.5. The smallest absolute Gasteiger partial charge is 0.258 e. The number of methoxy groups -OCH3 is 1. The second kappa shape index (κ2) is 5.88. The van der Waals surface area contributed by atoms with E-state index in [1.807, 2.05) is 12.1 Å². The molecule has 128 valence electrons. The Kier molecular flexibility index (Phi) is 3.80. The van der Waals surface area contributed by atoms with Crippen molar-refractivity contribution >= 4 is 44.2 Å². The van der Waals surface area contributed by atoms with Crippen molar-refractivity contribution < 1.29 is 14.3 Å². The van der Waals surface area contributed by atoms with Crippen LogP contribution in [0.4, 0.5) is 0 Å². The van der Waals surface area contributed by atoms with Gasteiger partial charge in [-0.3, -0.25) is 14.9 Å². The molecule has 6 heteroatoms. The SMILES string of the molecule is COc1c(Br)ccc2[nH]c(C3=C(C4=C(C)C(=O)NC4=O)CCC3)cc12. The lowest BCUT2D eigenvalue weighted by Crippen LogP contribution is -2.23. The third-order valence-corrected chi connectivity index (χ3v) is 5.55. The first-order chi connectivity index (χ1) is 12.0. The molecule has 2 aliphatic rings. The van der Waals surface area contributed by atoms with Gasteiger partial charge < -0.3 is 9.72 Å². The van der Waals surface area contributed by atoms with Crippen molar-refractivity contribution in [1.29, 1.82) is 0 Å². The topological polar surface area (TPSA) is 71.2 Å². The normalized spacial score (nSPS) is 17.9. The molecule has 0 fully saturated rings. The fourth-order valence-corrected chi connectivity index (χ4v) is 4.25. The third-order valence-electron chi connectivity index (χ3n) is 4.92. The summed E-state index contributed by atoms with van der Waals surface area (Å²) in [6, 6.07) is 6.00. The van der Waals surface area contributed by atoms with E-state index in [-0.39, 0.29) is 11.8 Å². The second-order valence-electron chi connectivity index (χ2n) is 6.32. The minimum atomic E-state index is -0.291. The van der Waals surface area contributed by atoms with Crippen molar-refractivity contribution in [2.45, 2.75) is 26.2 Å². The number of rotatable bonds is 3. The third kappa shape index (κ3) is 2.43. The number of allylic oxidation sites excluding steroid dienone is 1.